The lowest BCUT2D eigenvalue weighted by atomic mass is 9.75. The van der Waals surface area contributed by atoms with Crippen LogP contribution in [-0.2, 0) is 19.9 Å². The van der Waals surface area contributed by atoms with Crippen LogP contribution in [0.1, 0.15) is 18.4 Å². The molecule has 3 amide bonds. The number of hydrogen-bond acceptors (Lipinski definition) is 4. The van der Waals surface area contributed by atoms with Crippen molar-refractivity contribution in [3.05, 3.63) is 71.2 Å². The monoisotopic (exact) mass is 457 g/mol. The third-order valence-electron chi connectivity index (χ3n) is 7.96. The summed E-state index contributed by atoms with van der Waals surface area (Å²) in [5.41, 5.74) is 0.750. The van der Waals surface area contributed by atoms with Crippen molar-refractivity contribution in [1.82, 2.24) is 4.90 Å². The van der Waals surface area contributed by atoms with Crippen LogP contribution in [0.2, 0.25) is 5.02 Å². The van der Waals surface area contributed by atoms with Crippen LogP contribution < -0.4 is 10.2 Å². The number of halogens is 1. The van der Waals surface area contributed by atoms with Gasteiger partial charge in [0.1, 0.15) is 5.54 Å². The molecule has 164 valence electrons. The third-order valence-corrected chi connectivity index (χ3v) is 8.20. The molecule has 3 aromatic rings. The van der Waals surface area contributed by atoms with E-state index in [2.05, 4.69) is 10.2 Å². The maximum absolute atomic E-state index is 14.1. The fourth-order valence-corrected chi connectivity index (χ4v) is 6.99. The van der Waals surface area contributed by atoms with E-state index in [4.69, 9.17) is 11.6 Å². The van der Waals surface area contributed by atoms with Gasteiger partial charge in [0.2, 0.25) is 17.7 Å². The molecular weight excluding hydrogens is 438 g/mol. The second kappa shape index (κ2) is 6.43. The van der Waals surface area contributed by atoms with Crippen molar-refractivity contribution in [3.63, 3.8) is 0 Å². The fraction of sp³-hybridized carbons (Fsp3) is 0.269. The standard InChI is InChI=1S/C26H20ClN3O3/c27-15-10-11-18-17(13-15)26(25(33)28-18)22-21(20-9-4-12-29(20)26)23(31)30(24(22)32)19-8-3-6-14-5-1-2-7-16(14)19/h1-3,5-8,10-11,13,20-22H,4,9,12H2,(H,28,33)/t20-,21+,22-,26-/m0/s1. The predicted octanol–water partition coefficient (Wildman–Crippen LogP) is 3.92. The molecule has 0 saturated carbocycles. The second-order valence-electron chi connectivity index (χ2n) is 9.33. The first-order valence-electron chi connectivity index (χ1n) is 11.3. The highest BCUT2D eigenvalue weighted by Gasteiger charge is 2.74. The number of nitrogens with zero attached hydrogens (tertiary/aromatic N) is 2. The number of fused-ring (bicyclic) bond motifs is 8. The highest BCUT2D eigenvalue weighted by molar-refractivity contribution is 6.31. The Labute approximate surface area is 195 Å². The van der Waals surface area contributed by atoms with Crippen LogP contribution in [0.15, 0.2) is 60.7 Å². The van der Waals surface area contributed by atoms with E-state index in [0.29, 0.717) is 28.5 Å². The van der Waals surface area contributed by atoms with Crippen molar-refractivity contribution in [2.75, 3.05) is 16.8 Å². The van der Waals surface area contributed by atoms with Crippen molar-refractivity contribution in [3.8, 4) is 0 Å². The summed E-state index contributed by atoms with van der Waals surface area (Å²) in [6, 6.07) is 18.5. The van der Waals surface area contributed by atoms with Crippen LogP contribution in [0.5, 0.6) is 0 Å². The molecule has 1 N–H and O–H groups in total. The summed E-state index contributed by atoms with van der Waals surface area (Å²) in [7, 11) is 0. The summed E-state index contributed by atoms with van der Waals surface area (Å²) in [5.74, 6) is -2.10. The summed E-state index contributed by atoms with van der Waals surface area (Å²) in [5, 5.41) is 5.29. The Bertz CT molecular complexity index is 1400. The minimum Gasteiger partial charge on any atom is -0.324 e. The van der Waals surface area contributed by atoms with Gasteiger partial charge in [-0.05, 0) is 49.0 Å². The summed E-state index contributed by atoms with van der Waals surface area (Å²) >= 11 is 6.35. The number of hydrogen-bond donors (Lipinski definition) is 1. The van der Waals surface area contributed by atoms with Gasteiger partial charge < -0.3 is 5.32 Å². The minimum atomic E-state index is -1.21. The Morgan fingerprint density at radius 2 is 1.79 bits per heavy atom. The van der Waals surface area contributed by atoms with Gasteiger partial charge in [-0.1, -0.05) is 48.0 Å². The number of imide groups is 1. The molecule has 4 aliphatic heterocycles. The topological polar surface area (TPSA) is 69.7 Å². The number of carbonyl (C=O) groups is 3. The zero-order chi connectivity index (χ0) is 22.5. The van der Waals surface area contributed by atoms with Gasteiger partial charge in [0.05, 0.1) is 17.5 Å². The van der Waals surface area contributed by atoms with Crippen molar-refractivity contribution in [1.29, 1.82) is 0 Å². The number of amides is 3. The highest BCUT2D eigenvalue weighted by atomic mass is 35.5. The van der Waals surface area contributed by atoms with E-state index in [1.54, 1.807) is 18.2 Å². The molecular formula is C26H20ClN3O3. The van der Waals surface area contributed by atoms with E-state index >= 15 is 0 Å². The Hall–Kier alpha value is -3.22. The van der Waals surface area contributed by atoms with Crippen LogP contribution in [-0.4, -0.2) is 35.2 Å². The van der Waals surface area contributed by atoms with Gasteiger partial charge in [-0.15, -0.1) is 0 Å². The average molecular weight is 458 g/mol. The number of benzene rings is 3. The van der Waals surface area contributed by atoms with Gasteiger partial charge in [0.25, 0.3) is 0 Å². The van der Waals surface area contributed by atoms with Gasteiger partial charge in [-0.3, -0.25) is 19.3 Å². The smallest absolute Gasteiger partial charge is 0.250 e. The molecule has 0 radical (unpaired) electrons. The zero-order valence-electron chi connectivity index (χ0n) is 17.6. The lowest BCUT2D eigenvalue weighted by Crippen LogP contribution is -2.54. The van der Waals surface area contributed by atoms with Gasteiger partial charge in [0, 0.05) is 27.7 Å². The quantitative estimate of drug-likeness (QED) is 0.562. The first-order chi connectivity index (χ1) is 16.0. The fourth-order valence-electron chi connectivity index (χ4n) is 6.82. The maximum Gasteiger partial charge on any atom is 0.250 e. The highest BCUT2D eigenvalue weighted by Crippen LogP contribution is 2.61. The van der Waals surface area contributed by atoms with Gasteiger partial charge in [0.15, 0.2) is 0 Å². The predicted molar refractivity (Wildman–Crippen MR) is 125 cm³/mol. The van der Waals surface area contributed by atoms with Crippen molar-refractivity contribution >= 4 is 51.5 Å². The molecule has 0 unspecified atom stereocenters. The molecule has 33 heavy (non-hydrogen) atoms. The van der Waals surface area contributed by atoms with E-state index in [-0.39, 0.29) is 23.8 Å². The first kappa shape index (κ1) is 19.3. The number of anilines is 2. The second-order valence-corrected chi connectivity index (χ2v) is 9.76. The van der Waals surface area contributed by atoms with Crippen LogP contribution in [0.25, 0.3) is 10.8 Å². The Morgan fingerprint density at radius 1 is 0.970 bits per heavy atom. The SMILES string of the molecule is O=C1[C@H]2[C@@H](C(=O)N1c1cccc3ccccc13)[C@@]1(C(=O)Nc3ccc(Cl)cc31)N1CCC[C@@H]21. The molecule has 7 heteroatoms. The van der Waals surface area contributed by atoms with E-state index < -0.39 is 17.4 Å². The van der Waals surface area contributed by atoms with Crippen LogP contribution in [0.3, 0.4) is 0 Å². The van der Waals surface area contributed by atoms with Gasteiger partial charge in [-0.2, -0.15) is 0 Å². The van der Waals surface area contributed by atoms with Crippen molar-refractivity contribution in [2.45, 2.75) is 24.4 Å². The van der Waals surface area contributed by atoms with Gasteiger partial charge >= 0.3 is 0 Å². The average Bonchev–Trinajstić information content (AvgIpc) is 3.52. The van der Waals surface area contributed by atoms with E-state index in [1.165, 1.54) is 4.90 Å². The molecule has 3 aromatic carbocycles. The Balaban J connectivity index is 1.46. The molecule has 0 bridgehead atoms. The Kier molecular flexibility index (Phi) is 3.75. The van der Waals surface area contributed by atoms with E-state index in [0.717, 1.165) is 23.6 Å². The molecule has 1 spiro atoms. The van der Waals surface area contributed by atoms with Crippen LogP contribution in [0.4, 0.5) is 11.4 Å². The van der Waals surface area contributed by atoms with Crippen LogP contribution in [0, 0.1) is 11.8 Å². The van der Waals surface area contributed by atoms with E-state index in [1.807, 2.05) is 42.5 Å². The number of nitrogens with one attached hydrogen (secondary N) is 1. The van der Waals surface area contributed by atoms with Crippen LogP contribution >= 0.6 is 11.6 Å². The first-order valence-corrected chi connectivity index (χ1v) is 11.6. The molecule has 4 heterocycles. The summed E-state index contributed by atoms with van der Waals surface area (Å²) in [6.07, 6.45) is 1.67. The third kappa shape index (κ3) is 2.20. The van der Waals surface area contributed by atoms with E-state index in [9.17, 15) is 14.4 Å². The van der Waals surface area contributed by atoms with Crippen molar-refractivity contribution < 1.29 is 14.4 Å². The van der Waals surface area contributed by atoms with Crippen molar-refractivity contribution in [2.24, 2.45) is 11.8 Å². The molecule has 3 fully saturated rings. The Morgan fingerprint density at radius 3 is 2.67 bits per heavy atom. The largest absolute Gasteiger partial charge is 0.324 e. The maximum atomic E-state index is 14.1. The molecule has 3 saturated heterocycles. The number of carbonyl (C=O) groups excluding carboxylic acids is 3. The lowest BCUT2D eigenvalue weighted by Gasteiger charge is -2.36. The molecule has 4 atom stereocenters. The minimum absolute atomic E-state index is 0.151. The molecule has 4 aliphatic rings. The summed E-state index contributed by atoms with van der Waals surface area (Å²) in [6.45, 7) is 0.672. The van der Waals surface area contributed by atoms with Gasteiger partial charge in [-0.25, -0.2) is 4.90 Å². The molecule has 0 aromatic heterocycles. The summed E-state index contributed by atoms with van der Waals surface area (Å²) < 4.78 is 0. The summed E-state index contributed by atoms with van der Waals surface area (Å²) in [4.78, 5) is 45.2. The molecule has 7 rings (SSSR count). The zero-order valence-corrected chi connectivity index (χ0v) is 18.4. The molecule has 0 aliphatic carbocycles. The lowest BCUT2D eigenvalue weighted by molar-refractivity contribution is -0.135. The normalized spacial score (nSPS) is 30.3. The number of rotatable bonds is 1. The molecule has 6 nitrogen and oxygen atoms in total.